The maximum Gasteiger partial charge on any atom is 0.0440 e. The van der Waals surface area contributed by atoms with E-state index in [1.807, 2.05) is 11.3 Å². The molecule has 0 bridgehead atoms. The summed E-state index contributed by atoms with van der Waals surface area (Å²) in [5.41, 5.74) is 7.85. The quantitative estimate of drug-likeness (QED) is 0.192. The van der Waals surface area contributed by atoms with Gasteiger partial charge in [-0.3, -0.25) is 0 Å². The molecule has 0 amide bonds. The van der Waals surface area contributed by atoms with Crippen LogP contribution in [0.3, 0.4) is 0 Å². The van der Waals surface area contributed by atoms with Gasteiger partial charge in [0.2, 0.25) is 0 Å². The lowest BCUT2D eigenvalue weighted by Gasteiger charge is -2.29. The summed E-state index contributed by atoms with van der Waals surface area (Å²) < 4.78 is 2.74. The SMILES string of the molecule is C1=CC2C=Cc3ccccc3C2C=C1c1ccc(-c2ccc3ccc4ccc5c6ccccc6sc5c4c3c2)cc1. The van der Waals surface area contributed by atoms with Crippen LogP contribution >= 0.6 is 11.3 Å². The van der Waals surface area contributed by atoms with Crippen LogP contribution in [0, 0.1) is 5.92 Å². The molecule has 0 radical (unpaired) electrons. The van der Waals surface area contributed by atoms with Crippen LogP contribution in [0.5, 0.6) is 0 Å². The minimum Gasteiger partial charge on any atom is -0.135 e. The fourth-order valence-electron chi connectivity index (χ4n) is 6.90. The van der Waals surface area contributed by atoms with Crippen LogP contribution in [-0.4, -0.2) is 0 Å². The van der Waals surface area contributed by atoms with Crippen LogP contribution in [-0.2, 0) is 0 Å². The van der Waals surface area contributed by atoms with Crippen molar-refractivity contribution in [3.05, 3.63) is 156 Å². The Labute approximate surface area is 243 Å². The molecule has 0 spiro atoms. The van der Waals surface area contributed by atoms with Gasteiger partial charge in [0.1, 0.15) is 0 Å². The molecule has 0 fully saturated rings. The Kier molecular flexibility index (Phi) is 5.00. The normalized spacial score (nSPS) is 17.7. The molecule has 7 aromatic rings. The molecule has 0 aliphatic heterocycles. The van der Waals surface area contributed by atoms with Gasteiger partial charge in [-0.2, -0.15) is 0 Å². The van der Waals surface area contributed by atoms with E-state index in [1.54, 1.807) is 0 Å². The molecule has 0 nitrogen and oxygen atoms in total. The Bertz CT molecular complexity index is 2260. The van der Waals surface area contributed by atoms with E-state index in [0.29, 0.717) is 11.8 Å². The molecular weight excluding hydrogens is 513 g/mol. The van der Waals surface area contributed by atoms with Crippen molar-refractivity contribution >= 4 is 64.7 Å². The molecule has 9 rings (SSSR count). The van der Waals surface area contributed by atoms with Crippen LogP contribution in [0.15, 0.2) is 140 Å². The lowest BCUT2D eigenvalue weighted by Crippen LogP contribution is -2.14. The second-order valence-corrected chi connectivity index (χ2v) is 12.3. The maximum absolute atomic E-state index is 2.46. The molecule has 1 heterocycles. The van der Waals surface area contributed by atoms with Crippen LogP contribution < -0.4 is 0 Å². The molecule has 1 heteroatoms. The Morgan fingerprint density at radius 2 is 1.27 bits per heavy atom. The largest absolute Gasteiger partial charge is 0.135 e. The van der Waals surface area contributed by atoms with E-state index in [2.05, 4.69) is 146 Å². The molecule has 2 atom stereocenters. The highest BCUT2D eigenvalue weighted by Gasteiger charge is 2.25. The molecule has 6 aromatic carbocycles. The van der Waals surface area contributed by atoms with Gasteiger partial charge in [0.25, 0.3) is 0 Å². The van der Waals surface area contributed by atoms with Crippen LogP contribution in [0.25, 0.3) is 64.5 Å². The zero-order chi connectivity index (χ0) is 26.9. The average Bonchev–Trinajstić information content (AvgIpc) is 3.43. The van der Waals surface area contributed by atoms with Gasteiger partial charge in [0.05, 0.1) is 0 Å². The standard InChI is InChI=1S/C40H26S/c1-2-6-33-27(5-1)13-14-28-16-19-31(23-36(28)33)25-9-11-26(12-10-25)32-20-17-29-15-18-30-21-22-35-34-7-3-4-8-38(34)41-40(35)39(30)37(29)24-32/h1-24,28,36H. The third kappa shape index (κ3) is 3.59. The summed E-state index contributed by atoms with van der Waals surface area (Å²) in [6, 6.07) is 42.8. The first-order chi connectivity index (χ1) is 20.3. The topological polar surface area (TPSA) is 0 Å². The zero-order valence-electron chi connectivity index (χ0n) is 22.4. The van der Waals surface area contributed by atoms with Gasteiger partial charge in [-0.05, 0) is 61.7 Å². The van der Waals surface area contributed by atoms with E-state index in [1.165, 1.54) is 75.1 Å². The number of rotatable bonds is 2. The molecule has 0 saturated heterocycles. The van der Waals surface area contributed by atoms with Crippen molar-refractivity contribution in [3.63, 3.8) is 0 Å². The van der Waals surface area contributed by atoms with Gasteiger partial charge < -0.3 is 0 Å². The fourth-order valence-corrected chi connectivity index (χ4v) is 8.17. The molecule has 0 saturated carbocycles. The molecular formula is C40H26S. The summed E-state index contributed by atoms with van der Waals surface area (Å²) in [5, 5.41) is 7.99. The van der Waals surface area contributed by atoms with Crippen molar-refractivity contribution in [3.8, 4) is 11.1 Å². The Hall–Kier alpha value is -4.72. The molecule has 2 unspecified atom stereocenters. The van der Waals surface area contributed by atoms with Gasteiger partial charge in [0.15, 0.2) is 0 Å². The van der Waals surface area contributed by atoms with Crippen LogP contribution in [0.2, 0.25) is 0 Å². The van der Waals surface area contributed by atoms with Gasteiger partial charge in [0, 0.05) is 37.4 Å². The summed E-state index contributed by atoms with van der Waals surface area (Å²) in [5.74, 6) is 0.836. The minimum atomic E-state index is 0.399. The highest BCUT2D eigenvalue weighted by molar-refractivity contribution is 7.26. The highest BCUT2D eigenvalue weighted by Crippen LogP contribution is 2.43. The average molecular weight is 539 g/mol. The summed E-state index contributed by atoms with van der Waals surface area (Å²) >= 11 is 1.91. The van der Waals surface area contributed by atoms with Crippen molar-refractivity contribution in [2.45, 2.75) is 5.92 Å². The molecule has 41 heavy (non-hydrogen) atoms. The second kappa shape index (κ2) is 8.89. The number of hydrogen-bond acceptors (Lipinski definition) is 1. The fraction of sp³-hybridized carbons (Fsp3) is 0.0500. The summed E-state index contributed by atoms with van der Waals surface area (Å²) in [7, 11) is 0. The molecule has 0 N–H and O–H groups in total. The molecule has 192 valence electrons. The highest BCUT2D eigenvalue weighted by atomic mass is 32.1. The molecule has 2 aliphatic rings. The van der Waals surface area contributed by atoms with E-state index < -0.39 is 0 Å². The number of thiophene rings is 1. The lowest BCUT2D eigenvalue weighted by molar-refractivity contribution is 0.694. The number of hydrogen-bond donors (Lipinski definition) is 0. The first-order valence-electron chi connectivity index (χ1n) is 14.3. The van der Waals surface area contributed by atoms with Crippen molar-refractivity contribution in [2.75, 3.05) is 0 Å². The van der Waals surface area contributed by atoms with Crippen LogP contribution in [0.1, 0.15) is 22.6 Å². The van der Waals surface area contributed by atoms with Crippen molar-refractivity contribution in [1.82, 2.24) is 0 Å². The minimum absolute atomic E-state index is 0.399. The zero-order valence-corrected chi connectivity index (χ0v) is 23.2. The number of fused-ring (bicyclic) bond motifs is 10. The number of benzene rings is 6. The lowest BCUT2D eigenvalue weighted by atomic mass is 9.75. The Balaban J connectivity index is 1.13. The third-order valence-electron chi connectivity index (χ3n) is 9.02. The molecule has 1 aromatic heterocycles. The van der Waals surface area contributed by atoms with Gasteiger partial charge in [-0.15, -0.1) is 11.3 Å². The van der Waals surface area contributed by atoms with E-state index in [9.17, 15) is 0 Å². The first kappa shape index (κ1) is 23.0. The van der Waals surface area contributed by atoms with Crippen molar-refractivity contribution in [1.29, 1.82) is 0 Å². The van der Waals surface area contributed by atoms with E-state index in [-0.39, 0.29) is 0 Å². The van der Waals surface area contributed by atoms with Gasteiger partial charge >= 0.3 is 0 Å². The predicted octanol–water partition coefficient (Wildman–Crippen LogP) is 11.4. The first-order valence-corrected chi connectivity index (χ1v) is 15.2. The van der Waals surface area contributed by atoms with E-state index >= 15 is 0 Å². The summed E-state index contributed by atoms with van der Waals surface area (Å²) in [6.45, 7) is 0. The summed E-state index contributed by atoms with van der Waals surface area (Å²) in [6.07, 6.45) is 11.7. The van der Waals surface area contributed by atoms with Crippen LogP contribution in [0.4, 0.5) is 0 Å². The predicted molar refractivity (Wildman–Crippen MR) is 179 cm³/mol. The Morgan fingerprint density at radius 1 is 0.537 bits per heavy atom. The summed E-state index contributed by atoms with van der Waals surface area (Å²) in [4.78, 5) is 0. The van der Waals surface area contributed by atoms with Crippen molar-refractivity contribution < 1.29 is 0 Å². The van der Waals surface area contributed by atoms with Gasteiger partial charge in [-0.1, -0.05) is 134 Å². The molecule has 2 aliphatic carbocycles. The number of allylic oxidation sites excluding steroid dienone is 5. The van der Waals surface area contributed by atoms with E-state index in [0.717, 1.165) is 0 Å². The maximum atomic E-state index is 2.46. The third-order valence-corrected chi connectivity index (χ3v) is 10.2. The van der Waals surface area contributed by atoms with E-state index in [4.69, 9.17) is 0 Å². The Morgan fingerprint density at radius 3 is 2.22 bits per heavy atom. The van der Waals surface area contributed by atoms with Crippen molar-refractivity contribution in [2.24, 2.45) is 5.92 Å². The monoisotopic (exact) mass is 538 g/mol. The second-order valence-electron chi connectivity index (χ2n) is 11.3. The smallest absolute Gasteiger partial charge is 0.0440 e. The van der Waals surface area contributed by atoms with Gasteiger partial charge in [-0.25, -0.2) is 0 Å².